The molecule has 0 atom stereocenters. The molecule has 1 aromatic heterocycles. The van der Waals surface area contributed by atoms with Gasteiger partial charge in [-0.1, -0.05) is 6.07 Å². The van der Waals surface area contributed by atoms with Gasteiger partial charge < -0.3 is 10.3 Å². The Balaban J connectivity index is 2.47. The minimum Gasteiger partial charge on any atom is -0.350 e. The van der Waals surface area contributed by atoms with E-state index in [-0.39, 0.29) is 11.9 Å². The Morgan fingerprint density at radius 3 is 2.88 bits per heavy atom. The second kappa shape index (κ2) is 3.96. The van der Waals surface area contributed by atoms with Gasteiger partial charge in [-0.3, -0.25) is 4.79 Å². The lowest BCUT2D eigenvalue weighted by atomic mass is 10.1. The van der Waals surface area contributed by atoms with Crippen molar-refractivity contribution in [3.8, 4) is 0 Å². The number of hydrogen-bond acceptors (Lipinski definition) is 2. The van der Waals surface area contributed by atoms with E-state index >= 15 is 0 Å². The number of benzene rings is 1. The summed E-state index contributed by atoms with van der Waals surface area (Å²) in [6.45, 7) is 5.76. The average Bonchev–Trinajstić information content (AvgIpc) is 2.55. The van der Waals surface area contributed by atoms with Crippen LogP contribution in [0.25, 0.3) is 11.0 Å². The third-order valence-corrected chi connectivity index (χ3v) is 2.30. The first-order chi connectivity index (χ1) is 7.58. The lowest BCUT2D eigenvalue weighted by Crippen LogP contribution is -2.30. The first-order valence-electron chi connectivity index (χ1n) is 5.34. The summed E-state index contributed by atoms with van der Waals surface area (Å²) < 4.78 is 0. The minimum atomic E-state index is -0.0768. The minimum absolute atomic E-state index is 0.0768. The molecule has 4 heteroatoms. The number of fused-ring (bicyclic) bond motifs is 1. The van der Waals surface area contributed by atoms with Gasteiger partial charge in [0.25, 0.3) is 5.91 Å². The summed E-state index contributed by atoms with van der Waals surface area (Å²) in [4.78, 5) is 19.4. The van der Waals surface area contributed by atoms with Crippen LogP contribution in [0.1, 0.15) is 30.0 Å². The number of carbonyl (C=O) groups is 1. The van der Waals surface area contributed by atoms with Crippen LogP contribution < -0.4 is 5.32 Å². The summed E-state index contributed by atoms with van der Waals surface area (Å²) in [5.41, 5.74) is 2.25. The number of imidazole rings is 1. The monoisotopic (exact) mass is 217 g/mol. The number of aromatic nitrogens is 2. The number of amides is 1. The van der Waals surface area contributed by atoms with Crippen molar-refractivity contribution in [2.75, 3.05) is 0 Å². The standard InChI is InChI=1S/C12H15N3O/c1-7(2)13-12(16)9-5-4-6-10-11(9)15-8(3)14-10/h4-7H,1-3H3,(H,13,16)(H,14,15). The maximum atomic E-state index is 11.9. The number of nitrogens with one attached hydrogen (secondary N) is 2. The van der Waals surface area contributed by atoms with Gasteiger partial charge in [-0.2, -0.15) is 0 Å². The van der Waals surface area contributed by atoms with E-state index in [0.717, 1.165) is 16.9 Å². The van der Waals surface area contributed by atoms with Crippen LogP contribution in [0.15, 0.2) is 18.2 Å². The van der Waals surface area contributed by atoms with E-state index in [4.69, 9.17) is 0 Å². The van der Waals surface area contributed by atoms with Crippen molar-refractivity contribution in [2.24, 2.45) is 0 Å². The number of para-hydroxylation sites is 1. The number of H-pyrrole nitrogens is 1. The molecule has 1 amide bonds. The SMILES string of the molecule is Cc1nc2c(C(=O)NC(C)C)cccc2[nH]1. The number of aromatic amines is 1. The largest absolute Gasteiger partial charge is 0.350 e. The Morgan fingerprint density at radius 1 is 1.44 bits per heavy atom. The first-order valence-corrected chi connectivity index (χ1v) is 5.34. The zero-order chi connectivity index (χ0) is 11.7. The molecular weight excluding hydrogens is 202 g/mol. The normalized spacial score (nSPS) is 11.0. The third-order valence-electron chi connectivity index (χ3n) is 2.30. The molecule has 2 rings (SSSR count). The zero-order valence-electron chi connectivity index (χ0n) is 9.66. The molecule has 0 unspecified atom stereocenters. The Labute approximate surface area is 94.1 Å². The van der Waals surface area contributed by atoms with E-state index in [2.05, 4.69) is 15.3 Å². The highest BCUT2D eigenvalue weighted by Crippen LogP contribution is 2.16. The van der Waals surface area contributed by atoms with Gasteiger partial charge in [-0.05, 0) is 32.9 Å². The lowest BCUT2D eigenvalue weighted by Gasteiger charge is -2.08. The zero-order valence-corrected chi connectivity index (χ0v) is 9.66. The number of rotatable bonds is 2. The van der Waals surface area contributed by atoms with Crippen molar-refractivity contribution in [3.63, 3.8) is 0 Å². The van der Waals surface area contributed by atoms with Crippen LogP contribution in [0.5, 0.6) is 0 Å². The predicted octanol–water partition coefficient (Wildman–Crippen LogP) is 2.01. The molecule has 4 nitrogen and oxygen atoms in total. The van der Waals surface area contributed by atoms with Gasteiger partial charge in [-0.25, -0.2) is 4.98 Å². The van der Waals surface area contributed by atoms with E-state index < -0.39 is 0 Å². The summed E-state index contributed by atoms with van der Waals surface area (Å²) in [5.74, 6) is 0.742. The van der Waals surface area contributed by atoms with Crippen molar-refractivity contribution < 1.29 is 4.79 Å². The molecule has 0 aliphatic rings. The number of hydrogen-bond donors (Lipinski definition) is 2. The van der Waals surface area contributed by atoms with Gasteiger partial charge in [0.1, 0.15) is 11.3 Å². The Morgan fingerprint density at radius 2 is 2.19 bits per heavy atom. The topological polar surface area (TPSA) is 57.8 Å². The smallest absolute Gasteiger partial charge is 0.253 e. The van der Waals surface area contributed by atoms with Gasteiger partial charge in [0, 0.05) is 6.04 Å². The second-order valence-corrected chi connectivity index (χ2v) is 4.15. The molecule has 2 N–H and O–H groups in total. The molecule has 1 aromatic carbocycles. The Bertz CT molecular complexity index is 528. The second-order valence-electron chi connectivity index (χ2n) is 4.15. The molecular formula is C12H15N3O. The van der Waals surface area contributed by atoms with Crippen LogP contribution >= 0.6 is 0 Å². The molecule has 0 aliphatic carbocycles. The molecule has 0 aliphatic heterocycles. The fourth-order valence-electron chi connectivity index (χ4n) is 1.68. The summed E-state index contributed by atoms with van der Waals surface area (Å²) in [7, 11) is 0. The number of nitrogens with zero attached hydrogens (tertiary/aromatic N) is 1. The summed E-state index contributed by atoms with van der Waals surface area (Å²) >= 11 is 0. The highest BCUT2D eigenvalue weighted by atomic mass is 16.1. The number of aryl methyl sites for hydroxylation is 1. The molecule has 16 heavy (non-hydrogen) atoms. The van der Waals surface area contributed by atoms with Crippen molar-refractivity contribution in [1.82, 2.24) is 15.3 Å². The molecule has 2 aromatic rings. The molecule has 0 saturated carbocycles. The van der Waals surface area contributed by atoms with Crippen LogP contribution in [-0.4, -0.2) is 21.9 Å². The molecule has 1 heterocycles. The van der Waals surface area contributed by atoms with Crippen LogP contribution in [0.2, 0.25) is 0 Å². The summed E-state index contributed by atoms with van der Waals surface area (Å²) in [5, 5.41) is 2.87. The van der Waals surface area contributed by atoms with Crippen LogP contribution in [0, 0.1) is 6.92 Å². The van der Waals surface area contributed by atoms with Crippen LogP contribution in [0.4, 0.5) is 0 Å². The van der Waals surface area contributed by atoms with Crippen LogP contribution in [-0.2, 0) is 0 Å². The fraction of sp³-hybridized carbons (Fsp3) is 0.333. The van der Waals surface area contributed by atoms with Crippen molar-refractivity contribution in [1.29, 1.82) is 0 Å². The molecule has 84 valence electrons. The maximum absolute atomic E-state index is 11.9. The fourth-order valence-corrected chi connectivity index (χ4v) is 1.68. The lowest BCUT2D eigenvalue weighted by molar-refractivity contribution is 0.0944. The molecule has 0 bridgehead atoms. The quantitative estimate of drug-likeness (QED) is 0.808. The van der Waals surface area contributed by atoms with E-state index in [9.17, 15) is 4.79 Å². The van der Waals surface area contributed by atoms with Crippen molar-refractivity contribution in [3.05, 3.63) is 29.6 Å². The van der Waals surface area contributed by atoms with Gasteiger partial charge in [0.2, 0.25) is 0 Å². The average molecular weight is 217 g/mol. The summed E-state index contributed by atoms with van der Waals surface area (Å²) in [6.07, 6.45) is 0. The number of carbonyl (C=O) groups excluding carboxylic acids is 1. The summed E-state index contributed by atoms with van der Waals surface area (Å²) in [6, 6.07) is 5.69. The maximum Gasteiger partial charge on any atom is 0.253 e. The van der Waals surface area contributed by atoms with Crippen molar-refractivity contribution in [2.45, 2.75) is 26.8 Å². The predicted molar refractivity (Wildman–Crippen MR) is 63.4 cm³/mol. The van der Waals surface area contributed by atoms with Gasteiger partial charge in [-0.15, -0.1) is 0 Å². The van der Waals surface area contributed by atoms with Crippen LogP contribution in [0.3, 0.4) is 0 Å². The molecule has 0 spiro atoms. The van der Waals surface area contributed by atoms with E-state index in [0.29, 0.717) is 5.56 Å². The highest BCUT2D eigenvalue weighted by Gasteiger charge is 2.12. The van der Waals surface area contributed by atoms with E-state index in [1.165, 1.54) is 0 Å². The van der Waals surface area contributed by atoms with Gasteiger partial charge in [0.15, 0.2) is 0 Å². The van der Waals surface area contributed by atoms with E-state index in [1.807, 2.05) is 32.9 Å². The molecule has 0 radical (unpaired) electrons. The first kappa shape index (κ1) is 10.7. The molecule has 0 fully saturated rings. The Kier molecular flexibility index (Phi) is 2.64. The molecule has 0 saturated heterocycles. The third kappa shape index (κ3) is 1.91. The van der Waals surface area contributed by atoms with Gasteiger partial charge in [0.05, 0.1) is 11.1 Å². The Hall–Kier alpha value is -1.84. The highest BCUT2D eigenvalue weighted by molar-refractivity contribution is 6.04. The van der Waals surface area contributed by atoms with Gasteiger partial charge >= 0.3 is 0 Å². The van der Waals surface area contributed by atoms with E-state index in [1.54, 1.807) is 6.07 Å². The van der Waals surface area contributed by atoms with Crippen molar-refractivity contribution >= 4 is 16.9 Å².